The average Bonchev–Trinajstić information content (AvgIpc) is 2.89. The fourth-order valence-electron chi connectivity index (χ4n) is 4.65. The molecule has 2 fully saturated rings. The summed E-state index contributed by atoms with van der Waals surface area (Å²) in [4.78, 5) is 27.9. The van der Waals surface area contributed by atoms with Crippen LogP contribution in [-0.4, -0.2) is 71.3 Å². The third-order valence-corrected chi connectivity index (χ3v) is 8.70. The summed E-state index contributed by atoms with van der Waals surface area (Å²) in [5, 5.41) is 3.75. The highest BCUT2D eigenvalue weighted by Crippen LogP contribution is 2.26. The Bertz CT molecular complexity index is 1090. The van der Waals surface area contributed by atoms with E-state index < -0.39 is 5.24 Å². The number of amides is 1. The van der Waals surface area contributed by atoms with E-state index in [0.29, 0.717) is 33.7 Å². The number of carbonyl (C=O) groups excluding carboxylic acids is 2. The number of nitrogens with one attached hydrogen (secondary N) is 1. The van der Waals surface area contributed by atoms with Crippen LogP contribution in [0.2, 0.25) is 20.1 Å². The molecular weight excluding hydrogens is 626 g/mol. The maximum atomic E-state index is 12.3. The van der Waals surface area contributed by atoms with Gasteiger partial charge in [0.2, 0.25) is 0 Å². The SMILES string of the molecule is CC(C)N1CCC(N)CC1.CC(C)N1CCC(NC(=O)c2c(Cl)cccc2Cl)CC1.O=C(Cl)c1c(Cl)cccc1Cl. The van der Waals surface area contributed by atoms with Crippen molar-refractivity contribution in [1.82, 2.24) is 15.1 Å². The van der Waals surface area contributed by atoms with Gasteiger partial charge in [0.25, 0.3) is 11.1 Å². The first-order valence-corrected chi connectivity index (χ1v) is 15.8. The van der Waals surface area contributed by atoms with Gasteiger partial charge < -0.3 is 20.9 Å². The zero-order valence-corrected chi connectivity index (χ0v) is 27.9. The molecule has 0 aromatic heterocycles. The van der Waals surface area contributed by atoms with Crippen LogP contribution in [0.15, 0.2) is 36.4 Å². The molecule has 0 spiro atoms. The highest BCUT2D eigenvalue weighted by Gasteiger charge is 2.24. The number of likely N-dealkylation sites (tertiary alicyclic amines) is 2. The van der Waals surface area contributed by atoms with E-state index in [4.69, 9.17) is 63.7 Å². The van der Waals surface area contributed by atoms with Gasteiger partial charge in [-0.1, -0.05) is 58.5 Å². The standard InChI is InChI=1S/C15H20Cl2N2O.C8H18N2.C7H3Cl3O/c1-10(2)19-8-6-11(7-9-19)18-15(20)14-12(16)4-3-5-13(14)17;1-7(2)10-5-3-8(9)4-6-10;8-4-2-1-3-5(9)6(4)7(10)11/h3-5,10-11H,6-9H2,1-2H3,(H,18,20);7-8H,3-6,9H2,1-2H3;1-3H. The van der Waals surface area contributed by atoms with Gasteiger partial charge in [-0.05, 0) is 102 Å². The lowest BCUT2D eigenvalue weighted by Gasteiger charge is -2.34. The van der Waals surface area contributed by atoms with E-state index >= 15 is 0 Å². The van der Waals surface area contributed by atoms with Crippen LogP contribution >= 0.6 is 58.0 Å². The predicted molar refractivity (Wildman–Crippen MR) is 174 cm³/mol. The van der Waals surface area contributed by atoms with Gasteiger partial charge in [-0.2, -0.15) is 0 Å². The molecule has 4 rings (SSSR count). The summed E-state index contributed by atoms with van der Waals surface area (Å²) in [7, 11) is 0. The van der Waals surface area contributed by atoms with Gasteiger partial charge in [0.1, 0.15) is 0 Å². The minimum Gasteiger partial charge on any atom is -0.349 e. The fraction of sp³-hybridized carbons (Fsp3) is 0.533. The molecule has 0 aliphatic carbocycles. The van der Waals surface area contributed by atoms with E-state index in [2.05, 4.69) is 42.8 Å². The van der Waals surface area contributed by atoms with Gasteiger partial charge >= 0.3 is 0 Å². The summed E-state index contributed by atoms with van der Waals surface area (Å²) in [6, 6.07) is 11.8. The molecular formula is C30H41Cl5N4O2. The second-order valence-corrected chi connectivity index (χ2v) is 12.8. The average molecular weight is 667 g/mol. The van der Waals surface area contributed by atoms with Crippen molar-refractivity contribution < 1.29 is 9.59 Å². The fourth-order valence-corrected chi connectivity index (χ4v) is 6.09. The molecule has 0 atom stereocenters. The number of halogens is 5. The Morgan fingerprint density at radius 3 is 1.44 bits per heavy atom. The van der Waals surface area contributed by atoms with Gasteiger partial charge in [-0.25, -0.2) is 0 Å². The van der Waals surface area contributed by atoms with E-state index in [1.54, 1.807) is 36.4 Å². The third-order valence-electron chi connectivity index (χ3n) is 7.25. The van der Waals surface area contributed by atoms with Crippen molar-refractivity contribution in [3.05, 3.63) is 67.6 Å². The molecule has 0 saturated carbocycles. The highest BCUT2D eigenvalue weighted by molar-refractivity contribution is 6.69. The number of hydrogen-bond acceptors (Lipinski definition) is 5. The topological polar surface area (TPSA) is 78.7 Å². The Labute approximate surface area is 269 Å². The Balaban J connectivity index is 0.000000236. The zero-order chi connectivity index (χ0) is 30.7. The number of piperidine rings is 2. The lowest BCUT2D eigenvalue weighted by atomic mass is 10.0. The maximum Gasteiger partial charge on any atom is 0.255 e. The van der Waals surface area contributed by atoms with Crippen LogP contribution in [0.25, 0.3) is 0 Å². The van der Waals surface area contributed by atoms with Crippen LogP contribution in [0.5, 0.6) is 0 Å². The van der Waals surface area contributed by atoms with Crippen molar-refractivity contribution in [2.45, 2.75) is 77.5 Å². The van der Waals surface area contributed by atoms with Crippen LogP contribution in [0.4, 0.5) is 0 Å². The summed E-state index contributed by atoms with van der Waals surface area (Å²) in [6.07, 6.45) is 4.29. The van der Waals surface area contributed by atoms with Gasteiger partial charge in [0, 0.05) is 37.3 Å². The number of nitrogens with zero attached hydrogens (tertiary/aromatic N) is 2. The number of nitrogens with two attached hydrogens (primary N) is 1. The monoisotopic (exact) mass is 664 g/mol. The molecule has 228 valence electrons. The molecule has 11 heteroatoms. The number of carbonyl (C=O) groups is 2. The van der Waals surface area contributed by atoms with Crippen LogP contribution in [0.1, 0.15) is 74.1 Å². The van der Waals surface area contributed by atoms with Crippen molar-refractivity contribution in [3.8, 4) is 0 Å². The van der Waals surface area contributed by atoms with Crippen molar-refractivity contribution in [2.75, 3.05) is 26.2 Å². The molecule has 41 heavy (non-hydrogen) atoms. The number of rotatable bonds is 5. The molecule has 1 amide bonds. The predicted octanol–water partition coefficient (Wildman–Crippen LogP) is 7.79. The number of hydrogen-bond donors (Lipinski definition) is 2. The minimum absolute atomic E-state index is 0.164. The third kappa shape index (κ3) is 11.8. The maximum absolute atomic E-state index is 12.3. The first-order valence-electron chi connectivity index (χ1n) is 13.9. The molecule has 0 bridgehead atoms. The number of benzene rings is 2. The van der Waals surface area contributed by atoms with Crippen molar-refractivity contribution in [2.24, 2.45) is 5.73 Å². The summed E-state index contributed by atoms with van der Waals surface area (Å²) in [6.45, 7) is 13.3. The van der Waals surface area contributed by atoms with E-state index in [1.807, 2.05) is 0 Å². The van der Waals surface area contributed by atoms with Gasteiger partial charge in [0.15, 0.2) is 0 Å². The zero-order valence-electron chi connectivity index (χ0n) is 24.1. The largest absolute Gasteiger partial charge is 0.349 e. The lowest BCUT2D eigenvalue weighted by Crippen LogP contribution is -2.46. The smallest absolute Gasteiger partial charge is 0.255 e. The van der Waals surface area contributed by atoms with Crippen LogP contribution < -0.4 is 11.1 Å². The van der Waals surface area contributed by atoms with E-state index in [9.17, 15) is 9.59 Å². The molecule has 0 unspecified atom stereocenters. The molecule has 2 aromatic carbocycles. The van der Waals surface area contributed by atoms with Crippen molar-refractivity contribution in [1.29, 1.82) is 0 Å². The van der Waals surface area contributed by atoms with Gasteiger partial charge in [0.05, 0.1) is 31.2 Å². The minimum atomic E-state index is -0.638. The first kappa shape index (κ1) is 36.1. The quantitative estimate of drug-likeness (QED) is 0.319. The van der Waals surface area contributed by atoms with Crippen LogP contribution in [0.3, 0.4) is 0 Å². The molecule has 2 aliphatic heterocycles. The second kappa shape index (κ2) is 17.9. The Morgan fingerprint density at radius 2 is 1.10 bits per heavy atom. The Morgan fingerprint density at radius 1 is 0.732 bits per heavy atom. The second-order valence-electron chi connectivity index (χ2n) is 10.8. The lowest BCUT2D eigenvalue weighted by molar-refractivity contribution is 0.0900. The molecule has 2 heterocycles. The Hall–Kier alpha value is -1.09. The molecule has 3 N–H and O–H groups in total. The highest BCUT2D eigenvalue weighted by atomic mass is 35.5. The van der Waals surface area contributed by atoms with Crippen molar-refractivity contribution in [3.63, 3.8) is 0 Å². The van der Waals surface area contributed by atoms with Crippen LogP contribution in [0, 0.1) is 0 Å². The summed E-state index contributed by atoms with van der Waals surface area (Å²) in [5.41, 5.74) is 6.31. The van der Waals surface area contributed by atoms with Crippen LogP contribution in [-0.2, 0) is 0 Å². The molecule has 0 radical (unpaired) electrons. The van der Waals surface area contributed by atoms with E-state index in [1.165, 1.54) is 25.9 Å². The summed E-state index contributed by atoms with van der Waals surface area (Å²) >= 11 is 28.6. The summed E-state index contributed by atoms with van der Waals surface area (Å²) in [5.74, 6) is -0.177. The molecule has 2 aliphatic rings. The first-order chi connectivity index (χ1) is 19.3. The summed E-state index contributed by atoms with van der Waals surface area (Å²) < 4.78 is 0. The molecule has 2 saturated heterocycles. The molecule has 6 nitrogen and oxygen atoms in total. The normalized spacial score (nSPS) is 17.0. The van der Waals surface area contributed by atoms with Crippen molar-refractivity contribution >= 4 is 69.2 Å². The van der Waals surface area contributed by atoms with Gasteiger partial charge in [-0.3, -0.25) is 9.59 Å². The molecule has 2 aromatic rings. The van der Waals surface area contributed by atoms with Gasteiger partial charge in [-0.15, -0.1) is 0 Å². The Kier molecular flexibility index (Phi) is 15.8. The van der Waals surface area contributed by atoms with E-state index in [0.717, 1.165) is 25.9 Å². The van der Waals surface area contributed by atoms with E-state index in [-0.39, 0.29) is 27.6 Å².